The molecule has 0 amide bonds. The maximum absolute atomic E-state index is 13.8. The monoisotopic (exact) mass is 316 g/mol. The Balaban J connectivity index is 2.04. The molecule has 0 heterocycles. The van der Waals surface area contributed by atoms with E-state index in [2.05, 4.69) is 15.9 Å². The molecule has 0 radical (unpaired) electrons. The van der Waals surface area contributed by atoms with Gasteiger partial charge in [-0.15, -0.1) is 0 Å². The molecule has 0 spiro atoms. The zero-order valence-corrected chi connectivity index (χ0v) is 12.0. The van der Waals surface area contributed by atoms with Gasteiger partial charge in [-0.2, -0.15) is 0 Å². The summed E-state index contributed by atoms with van der Waals surface area (Å²) in [4.78, 5) is 0. The first-order valence-corrected chi connectivity index (χ1v) is 7.01. The van der Waals surface area contributed by atoms with Gasteiger partial charge in [0.05, 0.1) is 11.7 Å². The van der Waals surface area contributed by atoms with Crippen LogP contribution in [0.25, 0.3) is 0 Å². The van der Waals surface area contributed by atoms with Crippen LogP contribution in [0.2, 0.25) is 0 Å². The first kappa shape index (κ1) is 14.0. The highest BCUT2D eigenvalue weighted by Crippen LogP contribution is 2.33. The number of benzene rings is 1. The number of aliphatic hydroxyl groups is 1. The van der Waals surface area contributed by atoms with E-state index >= 15 is 0 Å². The quantitative estimate of drug-likeness (QED) is 0.925. The molecule has 1 saturated carbocycles. The highest BCUT2D eigenvalue weighted by atomic mass is 79.9. The van der Waals surface area contributed by atoms with E-state index < -0.39 is 5.60 Å². The van der Waals surface area contributed by atoms with Crippen LogP contribution in [0.15, 0.2) is 22.7 Å². The average Bonchev–Trinajstić information content (AvgIpc) is 2.34. The number of ether oxygens (including phenoxy) is 1. The number of hydrogen-bond acceptors (Lipinski definition) is 2. The van der Waals surface area contributed by atoms with E-state index in [4.69, 9.17) is 4.74 Å². The van der Waals surface area contributed by atoms with Crippen LogP contribution in [-0.4, -0.2) is 23.9 Å². The first-order chi connectivity index (χ1) is 8.52. The van der Waals surface area contributed by atoms with Gasteiger partial charge in [-0.1, -0.05) is 22.0 Å². The van der Waals surface area contributed by atoms with Gasteiger partial charge >= 0.3 is 0 Å². The molecule has 1 aliphatic carbocycles. The van der Waals surface area contributed by atoms with E-state index in [0.29, 0.717) is 24.8 Å². The van der Waals surface area contributed by atoms with Crippen molar-refractivity contribution in [3.8, 4) is 0 Å². The van der Waals surface area contributed by atoms with Crippen LogP contribution < -0.4 is 0 Å². The summed E-state index contributed by atoms with van der Waals surface area (Å²) in [6.07, 6.45) is 3.63. The van der Waals surface area contributed by atoms with Gasteiger partial charge in [0.1, 0.15) is 5.82 Å². The van der Waals surface area contributed by atoms with Gasteiger partial charge in [-0.05, 0) is 43.4 Å². The molecule has 1 aromatic carbocycles. The normalized spacial score (nSPS) is 28.3. The van der Waals surface area contributed by atoms with Crippen molar-refractivity contribution in [1.29, 1.82) is 0 Å². The summed E-state index contributed by atoms with van der Waals surface area (Å²) in [5.74, 6) is -0.258. The lowest BCUT2D eigenvalue weighted by atomic mass is 9.79. The van der Waals surface area contributed by atoms with E-state index in [1.807, 2.05) is 6.07 Å². The molecule has 2 nitrogen and oxygen atoms in total. The second-order valence-electron chi connectivity index (χ2n) is 5.07. The van der Waals surface area contributed by atoms with Crippen molar-refractivity contribution in [1.82, 2.24) is 0 Å². The molecule has 4 heteroatoms. The van der Waals surface area contributed by atoms with Crippen molar-refractivity contribution in [3.05, 3.63) is 34.1 Å². The Kier molecular flexibility index (Phi) is 4.41. The second kappa shape index (κ2) is 5.68. The number of rotatable bonds is 3. The predicted molar refractivity (Wildman–Crippen MR) is 72.0 cm³/mol. The van der Waals surface area contributed by atoms with Crippen LogP contribution in [0, 0.1) is 5.82 Å². The zero-order chi connectivity index (χ0) is 13.2. The predicted octanol–water partition coefficient (Wildman–Crippen LogP) is 3.45. The molecule has 0 bridgehead atoms. The smallest absolute Gasteiger partial charge is 0.127 e. The molecule has 0 unspecified atom stereocenters. The molecule has 1 fully saturated rings. The largest absolute Gasteiger partial charge is 0.390 e. The lowest BCUT2D eigenvalue weighted by Crippen LogP contribution is -2.38. The Morgan fingerprint density at radius 3 is 2.67 bits per heavy atom. The third-order valence-corrected chi connectivity index (χ3v) is 4.22. The van der Waals surface area contributed by atoms with E-state index in [0.717, 1.165) is 17.3 Å². The molecule has 0 aliphatic heterocycles. The maximum atomic E-state index is 13.8. The standard InChI is InChI=1S/C14H18BrFO2/c1-18-12-4-6-14(17,7-5-12)9-10-2-3-11(15)8-13(10)16/h2-3,8,12,17H,4-7,9H2,1H3. The molecule has 0 saturated heterocycles. The zero-order valence-electron chi connectivity index (χ0n) is 10.5. The van der Waals surface area contributed by atoms with Crippen molar-refractivity contribution in [2.24, 2.45) is 0 Å². The third-order valence-electron chi connectivity index (χ3n) is 3.73. The van der Waals surface area contributed by atoms with Gasteiger partial charge in [0.25, 0.3) is 0 Å². The van der Waals surface area contributed by atoms with Crippen molar-refractivity contribution in [3.63, 3.8) is 0 Å². The molecule has 18 heavy (non-hydrogen) atoms. The van der Waals surface area contributed by atoms with Crippen molar-refractivity contribution in [2.45, 2.75) is 43.8 Å². The fourth-order valence-electron chi connectivity index (χ4n) is 2.56. The summed E-state index contributed by atoms with van der Waals surface area (Å²) in [5.41, 5.74) is -0.208. The lowest BCUT2D eigenvalue weighted by molar-refractivity contribution is -0.0431. The molecule has 1 N–H and O–H groups in total. The van der Waals surface area contributed by atoms with Crippen LogP contribution >= 0.6 is 15.9 Å². The fraction of sp³-hybridized carbons (Fsp3) is 0.571. The summed E-state index contributed by atoms with van der Waals surface area (Å²) in [5, 5.41) is 10.5. The summed E-state index contributed by atoms with van der Waals surface area (Å²) in [6, 6.07) is 4.99. The molecule has 2 rings (SSSR count). The Hall–Kier alpha value is -0.450. The van der Waals surface area contributed by atoms with E-state index in [9.17, 15) is 9.50 Å². The Labute approximate surface area is 115 Å². The maximum Gasteiger partial charge on any atom is 0.127 e. The van der Waals surface area contributed by atoms with Gasteiger partial charge in [-0.25, -0.2) is 4.39 Å². The van der Waals surface area contributed by atoms with Crippen LogP contribution in [0.5, 0.6) is 0 Å². The molecule has 1 aliphatic rings. The third kappa shape index (κ3) is 3.31. The van der Waals surface area contributed by atoms with Crippen molar-refractivity contribution < 1.29 is 14.2 Å². The van der Waals surface area contributed by atoms with Gasteiger partial charge in [0, 0.05) is 18.0 Å². The van der Waals surface area contributed by atoms with Crippen molar-refractivity contribution >= 4 is 15.9 Å². The molecule has 100 valence electrons. The van der Waals surface area contributed by atoms with E-state index in [1.165, 1.54) is 6.07 Å². The van der Waals surface area contributed by atoms with Crippen LogP contribution in [-0.2, 0) is 11.2 Å². The highest BCUT2D eigenvalue weighted by Gasteiger charge is 2.33. The van der Waals surface area contributed by atoms with Gasteiger partial charge in [-0.3, -0.25) is 0 Å². The lowest BCUT2D eigenvalue weighted by Gasteiger charge is -2.35. The Bertz CT molecular complexity index is 414. The van der Waals surface area contributed by atoms with Crippen molar-refractivity contribution in [2.75, 3.05) is 7.11 Å². The summed E-state index contributed by atoms with van der Waals surface area (Å²) in [6.45, 7) is 0. The molecule has 0 aromatic heterocycles. The molecular weight excluding hydrogens is 299 g/mol. The molecular formula is C14H18BrFO2. The summed E-state index contributed by atoms with van der Waals surface area (Å²) >= 11 is 3.23. The number of hydrogen-bond donors (Lipinski definition) is 1. The van der Waals surface area contributed by atoms with Gasteiger partial charge < -0.3 is 9.84 Å². The SMILES string of the molecule is COC1CCC(O)(Cc2ccc(Br)cc2F)CC1. The van der Waals surface area contributed by atoms with Crippen LogP contribution in [0.4, 0.5) is 4.39 Å². The minimum absolute atomic E-state index is 0.236. The first-order valence-electron chi connectivity index (χ1n) is 6.21. The summed E-state index contributed by atoms with van der Waals surface area (Å²) < 4.78 is 19.8. The Morgan fingerprint density at radius 1 is 1.44 bits per heavy atom. The number of methoxy groups -OCH3 is 1. The van der Waals surface area contributed by atoms with Crippen LogP contribution in [0.3, 0.4) is 0 Å². The minimum atomic E-state index is -0.788. The molecule has 1 aromatic rings. The second-order valence-corrected chi connectivity index (χ2v) is 5.99. The summed E-state index contributed by atoms with van der Waals surface area (Å²) in [7, 11) is 1.70. The highest BCUT2D eigenvalue weighted by molar-refractivity contribution is 9.10. The van der Waals surface area contributed by atoms with E-state index in [-0.39, 0.29) is 11.9 Å². The average molecular weight is 317 g/mol. The topological polar surface area (TPSA) is 29.5 Å². The number of halogens is 2. The van der Waals surface area contributed by atoms with Gasteiger partial charge in [0.2, 0.25) is 0 Å². The minimum Gasteiger partial charge on any atom is -0.390 e. The Morgan fingerprint density at radius 2 is 2.11 bits per heavy atom. The van der Waals surface area contributed by atoms with Gasteiger partial charge in [0.15, 0.2) is 0 Å². The fourth-order valence-corrected chi connectivity index (χ4v) is 2.89. The van der Waals surface area contributed by atoms with Crippen LogP contribution in [0.1, 0.15) is 31.2 Å². The van der Waals surface area contributed by atoms with E-state index in [1.54, 1.807) is 13.2 Å². The molecule has 0 atom stereocenters.